The standard InChI is InChI=1S/C31H34O19/c32-9-19-23(39)25(41)27(43)30(49-19)47-17-7-12(33)6-16-13(17)8-18(29(46-16)11-1-2-14(34)15(35)5-11)48-31-28(44)26(42)24(40)20(50-31)10-45-22(38)4-3-21(36)37/h1-2,5-8,19-20,23-28,30-32,39-44H,3-4,9-10H2,(H3-,33,34,35,36,37)/p+1. The Labute approximate surface area is 280 Å². The average Bonchev–Trinajstić information content (AvgIpc) is 3.08. The predicted molar refractivity (Wildman–Crippen MR) is 161 cm³/mol. The summed E-state index contributed by atoms with van der Waals surface area (Å²) in [5.41, 5.74) is -0.0574. The number of ether oxygens (including phenoxy) is 5. The van der Waals surface area contributed by atoms with Crippen LogP contribution in [-0.2, 0) is 23.8 Å². The van der Waals surface area contributed by atoms with Crippen LogP contribution in [0, 0.1) is 0 Å². The van der Waals surface area contributed by atoms with E-state index in [1.54, 1.807) is 0 Å². The molecule has 5 rings (SSSR count). The lowest BCUT2D eigenvalue weighted by molar-refractivity contribution is -0.278. The van der Waals surface area contributed by atoms with E-state index < -0.39 is 117 Å². The monoisotopic (exact) mass is 711 g/mol. The summed E-state index contributed by atoms with van der Waals surface area (Å²) in [5, 5.41) is 112. The Morgan fingerprint density at radius 2 is 1.34 bits per heavy atom. The third-order valence-electron chi connectivity index (χ3n) is 7.99. The van der Waals surface area contributed by atoms with Gasteiger partial charge in [0.05, 0.1) is 31.1 Å². The van der Waals surface area contributed by atoms with E-state index in [1.165, 1.54) is 12.1 Å². The van der Waals surface area contributed by atoms with Gasteiger partial charge in [-0.1, -0.05) is 0 Å². The van der Waals surface area contributed by atoms with Gasteiger partial charge in [0.15, 0.2) is 11.5 Å². The number of fused-ring (bicyclic) bond motifs is 1. The molecule has 272 valence electrons. The number of carboxylic acids is 1. The van der Waals surface area contributed by atoms with Crippen molar-refractivity contribution in [2.75, 3.05) is 13.2 Å². The topological polar surface area (TPSA) is 314 Å². The highest BCUT2D eigenvalue weighted by atomic mass is 16.7. The Kier molecular flexibility index (Phi) is 11.1. The molecule has 0 spiro atoms. The molecule has 2 fully saturated rings. The first-order chi connectivity index (χ1) is 23.7. The number of esters is 1. The SMILES string of the molecule is O=C(O)CCC(=O)OCC1OC(Oc2cc3c(OC4OC(CO)C(O)C(O)C4O)cc(O)cc3[o+]c2-c2ccc(O)c(O)c2)C(O)C(O)C1O. The van der Waals surface area contributed by atoms with E-state index in [0.717, 1.165) is 24.3 Å². The number of aliphatic carboxylic acids is 1. The highest BCUT2D eigenvalue weighted by Gasteiger charge is 2.47. The van der Waals surface area contributed by atoms with Crippen LogP contribution < -0.4 is 9.47 Å². The molecule has 2 aromatic carbocycles. The van der Waals surface area contributed by atoms with Crippen LogP contribution in [0.4, 0.5) is 0 Å². The number of aromatic hydroxyl groups is 3. The molecule has 2 aliphatic rings. The van der Waals surface area contributed by atoms with Crippen LogP contribution in [0.25, 0.3) is 22.3 Å². The summed E-state index contributed by atoms with van der Waals surface area (Å²) in [6.07, 6.45) is -18.4. The van der Waals surface area contributed by atoms with Crippen molar-refractivity contribution in [3.05, 3.63) is 36.4 Å². The summed E-state index contributed by atoms with van der Waals surface area (Å²) in [6, 6.07) is 6.93. The molecule has 50 heavy (non-hydrogen) atoms. The molecule has 11 N–H and O–H groups in total. The number of aliphatic hydroxyl groups is 7. The minimum absolute atomic E-state index is 0.0173. The lowest BCUT2D eigenvalue weighted by Gasteiger charge is -2.39. The molecule has 3 heterocycles. The van der Waals surface area contributed by atoms with Crippen molar-refractivity contribution < 1.29 is 93.9 Å². The Morgan fingerprint density at radius 3 is 1.96 bits per heavy atom. The molecule has 2 saturated heterocycles. The van der Waals surface area contributed by atoms with E-state index in [9.17, 15) is 60.7 Å². The van der Waals surface area contributed by atoms with Gasteiger partial charge in [-0.25, -0.2) is 4.42 Å². The van der Waals surface area contributed by atoms with Crippen molar-refractivity contribution in [2.24, 2.45) is 0 Å². The van der Waals surface area contributed by atoms with Crippen LogP contribution in [0.5, 0.6) is 28.7 Å². The second-order valence-corrected chi connectivity index (χ2v) is 11.5. The van der Waals surface area contributed by atoms with Crippen LogP contribution in [-0.4, -0.2) is 143 Å². The fourth-order valence-corrected chi connectivity index (χ4v) is 5.24. The minimum Gasteiger partial charge on any atom is -0.507 e. The van der Waals surface area contributed by atoms with Crippen molar-refractivity contribution in [1.82, 2.24) is 0 Å². The van der Waals surface area contributed by atoms with Gasteiger partial charge in [-0.2, -0.15) is 0 Å². The fraction of sp³-hybridized carbons (Fsp3) is 0.452. The van der Waals surface area contributed by atoms with E-state index in [1.807, 2.05) is 0 Å². The fourth-order valence-electron chi connectivity index (χ4n) is 5.24. The second kappa shape index (κ2) is 15.1. The zero-order chi connectivity index (χ0) is 36.4. The Hall–Kier alpha value is -4.57. The molecule has 2 aliphatic heterocycles. The summed E-state index contributed by atoms with van der Waals surface area (Å²) in [6.45, 7) is -1.44. The number of aliphatic hydroxyl groups excluding tert-OH is 7. The lowest BCUT2D eigenvalue weighted by Crippen LogP contribution is -2.60. The normalized spacial score (nSPS) is 29.7. The maximum absolute atomic E-state index is 12.0. The number of benzene rings is 2. The van der Waals surface area contributed by atoms with Gasteiger partial charge in [0.1, 0.15) is 72.3 Å². The van der Waals surface area contributed by atoms with Crippen molar-refractivity contribution in [1.29, 1.82) is 0 Å². The molecule has 0 saturated carbocycles. The average molecular weight is 712 g/mol. The number of carbonyl (C=O) groups excluding carboxylic acids is 1. The van der Waals surface area contributed by atoms with E-state index in [0.29, 0.717) is 0 Å². The molecule has 10 atom stereocenters. The van der Waals surface area contributed by atoms with Crippen LogP contribution in [0.15, 0.2) is 40.8 Å². The molecule has 19 heteroatoms. The van der Waals surface area contributed by atoms with Gasteiger partial charge in [0, 0.05) is 18.2 Å². The second-order valence-electron chi connectivity index (χ2n) is 11.5. The summed E-state index contributed by atoms with van der Waals surface area (Å²) in [7, 11) is 0. The zero-order valence-corrected chi connectivity index (χ0v) is 25.8. The van der Waals surface area contributed by atoms with Crippen molar-refractivity contribution in [3.8, 4) is 40.1 Å². The highest BCUT2D eigenvalue weighted by Crippen LogP contribution is 2.43. The van der Waals surface area contributed by atoms with Crippen molar-refractivity contribution >= 4 is 22.9 Å². The molecular weight excluding hydrogens is 676 g/mol. The molecule has 0 aliphatic carbocycles. The smallest absolute Gasteiger partial charge is 0.402 e. The summed E-state index contributed by atoms with van der Waals surface area (Å²) in [4.78, 5) is 22.7. The van der Waals surface area contributed by atoms with Gasteiger partial charge in [-0.15, -0.1) is 0 Å². The molecular formula is C31H35O19+. The van der Waals surface area contributed by atoms with Gasteiger partial charge in [0.2, 0.25) is 18.3 Å². The van der Waals surface area contributed by atoms with Gasteiger partial charge >= 0.3 is 23.3 Å². The number of phenols is 3. The maximum atomic E-state index is 12.0. The van der Waals surface area contributed by atoms with Crippen LogP contribution in [0.2, 0.25) is 0 Å². The molecule has 10 unspecified atom stereocenters. The van der Waals surface area contributed by atoms with E-state index in [2.05, 4.69) is 0 Å². The van der Waals surface area contributed by atoms with Gasteiger partial charge in [-0.05, 0) is 12.1 Å². The van der Waals surface area contributed by atoms with E-state index >= 15 is 0 Å². The molecule has 3 aromatic rings. The maximum Gasteiger partial charge on any atom is 0.402 e. The Morgan fingerprint density at radius 1 is 0.720 bits per heavy atom. The van der Waals surface area contributed by atoms with Crippen molar-refractivity contribution in [2.45, 2.75) is 74.3 Å². The summed E-state index contributed by atoms with van der Waals surface area (Å²) < 4.78 is 33.7. The predicted octanol–water partition coefficient (Wildman–Crippen LogP) is -1.73. The van der Waals surface area contributed by atoms with Gasteiger partial charge < -0.3 is 79.9 Å². The van der Waals surface area contributed by atoms with E-state index in [4.69, 9.17) is 33.2 Å². The third kappa shape index (κ3) is 7.75. The first-order valence-electron chi connectivity index (χ1n) is 15.1. The number of hydrogen-bond donors (Lipinski definition) is 11. The molecule has 0 amide bonds. The number of rotatable bonds is 11. The number of carboxylic acid groups (broad SMARTS) is 1. The Bertz CT molecular complexity index is 1700. The van der Waals surface area contributed by atoms with Crippen LogP contribution >= 0.6 is 0 Å². The Balaban J connectivity index is 1.52. The number of hydrogen-bond acceptors (Lipinski definition) is 17. The molecule has 0 bridgehead atoms. The molecule has 19 nitrogen and oxygen atoms in total. The van der Waals surface area contributed by atoms with Crippen molar-refractivity contribution in [3.63, 3.8) is 0 Å². The van der Waals surface area contributed by atoms with Gasteiger partial charge in [-0.3, -0.25) is 9.59 Å². The first kappa shape index (κ1) is 36.7. The number of carbonyl (C=O) groups is 2. The summed E-state index contributed by atoms with van der Waals surface area (Å²) >= 11 is 0. The quantitative estimate of drug-likeness (QED) is 0.0598. The third-order valence-corrected chi connectivity index (χ3v) is 7.99. The molecule has 1 aromatic heterocycles. The molecule has 0 radical (unpaired) electrons. The van der Waals surface area contributed by atoms with Crippen LogP contribution in [0.1, 0.15) is 12.8 Å². The van der Waals surface area contributed by atoms with E-state index in [-0.39, 0.29) is 33.8 Å². The first-order valence-corrected chi connectivity index (χ1v) is 15.1. The van der Waals surface area contributed by atoms with Gasteiger partial charge in [0.25, 0.3) is 0 Å². The zero-order valence-electron chi connectivity index (χ0n) is 25.8. The highest BCUT2D eigenvalue weighted by molar-refractivity contribution is 5.89. The van der Waals surface area contributed by atoms with Crippen LogP contribution in [0.3, 0.4) is 0 Å². The largest absolute Gasteiger partial charge is 0.507 e. The lowest BCUT2D eigenvalue weighted by atomic mass is 9.99. The minimum atomic E-state index is -1.94. The number of phenolic OH excluding ortho intramolecular Hbond substituents is 3. The summed E-state index contributed by atoms with van der Waals surface area (Å²) in [5.74, 6) is -4.49.